The van der Waals surface area contributed by atoms with Gasteiger partial charge in [0, 0.05) is 6.61 Å². The summed E-state index contributed by atoms with van der Waals surface area (Å²) in [6, 6.07) is 8.67. The highest BCUT2D eigenvalue weighted by Crippen LogP contribution is 2.23. The number of hydrogen-bond donors (Lipinski definition) is 1. The van der Waals surface area contributed by atoms with E-state index in [2.05, 4.69) is 0 Å². The summed E-state index contributed by atoms with van der Waals surface area (Å²) in [7, 11) is 0. The number of fused-ring (bicyclic) bond motifs is 1. The van der Waals surface area contributed by atoms with Gasteiger partial charge in [-0.25, -0.2) is 4.79 Å². The Labute approximate surface area is 105 Å². The smallest absolute Gasteiger partial charge is 0.339 e. The van der Waals surface area contributed by atoms with Crippen LogP contribution in [0.5, 0.6) is 5.75 Å². The van der Waals surface area contributed by atoms with E-state index in [9.17, 15) is 4.79 Å². The fourth-order valence-corrected chi connectivity index (χ4v) is 1.77. The number of aliphatic hydroxyl groups excluding tert-OH is 1. The van der Waals surface area contributed by atoms with Gasteiger partial charge in [-0.1, -0.05) is 12.1 Å². The molecule has 1 aromatic carbocycles. The highest BCUT2D eigenvalue weighted by Gasteiger charge is 2.05. The van der Waals surface area contributed by atoms with E-state index < -0.39 is 5.63 Å². The van der Waals surface area contributed by atoms with E-state index in [0.717, 1.165) is 24.6 Å². The largest absolute Gasteiger partial charge is 0.493 e. The number of benzene rings is 1. The Balaban J connectivity index is 2.10. The van der Waals surface area contributed by atoms with Crippen LogP contribution in [0, 0.1) is 0 Å². The Morgan fingerprint density at radius 2 is 2.00 bits per heavy atom. The van der Waals surface area contributed by atoms with Gasteiger partial charge < -0.3 is 14.3 Å². The first-order chi connectivity index (χ1) is 8.81. The van der Waals surface area contributed by atoms with Gasteiger partial charge in [-0.15, -0.1) is 0 Å². The van der Waals surface area contributed by atoms with Crippen molar-refractivity contribution in [1.29, 1.82) is 0 Å². The van der Waals surface area contributed by atoms with Crippen LogP contribution in [0.25, 0.3) is 11.0 Å². The molecule has 1 aromatic heterocycles. The summed E-state index contributed by atoms with van der Waals surface area (Å²) in [5, 5.41) is 9.47. The van der Waals surface area contributed by atoms with Crippen LogP contribution < -0.4 is 10.4 Å². The molecule has 0 spiro atoms. The van der Waals surface area contributed by atoms with Gasteiger partial charge in [0.25, 0.3) is 0 Å². The number of rotatable bonds is 6. The Morgan fingerprint density at radius 1 is 1.17 bits per heavy atom. The molecule has 2 aromatic rings. The van der Waals surface area contributed by atoms with E-state index in [1.807, 2.05) is 18.2 Å². The van der Waals surface area contributed by atoms with Gasteiger partial charge >= 0.3 is 5.63 Å². The minimum atomic E-state index is -0.404. The zero-order chi connectivity index (χ0) is 12.8. The molecule has 0 aliphatic carbocycles. The molecule has 0 bridgehead atoms. The zero-order valence-electron chi connectivity index (χ0n) is 10.1. The van der Waals surface area contributed by atoms with E-state index >= 15 is 0 Å². The molecule has 0 aliphatic heterocycles. The molecule has 0 unspecified atom stereocenters. The van der Waals surface area contributed by atoms with Gasteiger partial charge in [0.2, 0.25) is 0 Å². The first kappa shape index (κ1) is 12.6. The first-order valence-electron chi connectivity index (χ1n) is 6.08. The predicted octanol–water partition coefficient (Wildman–Crippen LogP) is 2.33. The molecule has 0 radical (unpaired) electrons. The van der Waals surface area contributed by atoms with Gasteiger partial charge in [-0.05, 0) is 31.4 Å². The van der Waals surface area contributed by atoms with Gasteiger partial charge in [-0.3, -0.25) is 0 Å². The molecule has 1 N–H and O–H groups in total. The normalized spacial score (nSPS) is 10.7. The number of ether oxygens (including phenoxy) is 1. The van der Waals surface area contributed by atoms with E-state index in [4.69, 9.17) is 14.3 Å². The quantitative estimate of drug-likeness (QED) is 0.629. The lowest BCUT2D eigenvalue weighted by Gasteiger charge is -2.07. The summed E-state index contributed by atoms with van der Waals surface area (Å²) < 4.78 is 10.7. The average molecular weight is 248 g/mol. The average Bonchev–Trinajstić information content (AvgIpc) is 2.38. The van der Waals surface area contributed by atoms with Crippen LogP contribution in [0.4, 0.5) is 0 Å². The van der Waals surface area contributed by atoms with E-state index in [0.29, 0.717) is 17.9 Å². The number of para-hydroxylation sites is 1. The zero-order valence-corrected chi connectivity index (χ0v) is 10.1. The van der Waals surface area contributed by atoms with Gasteiger partial charge in [-0.2, -0.15) is 0 Å². The third-order valence-electron chi connectivity index (χ3n) is 2.67. The lowest BCUT2D eigenvalue weighted by atomic mass is 10.2. The molecule has 2 rings (SSSR count). The Hall–Kier alpha value is -1.81. The van der Waals surface area contributed by atoms with Crippen molar-refractivity contribution in [2.24, 2.45) is 0 Å². The molecule has 4 heteroatoms. The molecule has 0 fully saturated rings. The van der Waals surface area contributed by atoms with Crippen LogP contribution in [0.2, 0.25) is 0 Å². The van der Waals surface area contributed by atoms with Crippen molar-refractivity contribution in [3.8, 4) is 5.75 Å². The maximum absolute atomic E-state index is 11.4. The molecule has 0 saturated heterocycles. The third kappa shape index (κ3) is 3.11. The summed E-state index contributed by atoms with van der Waals surface area (Å²) in [5.41, 5.74) is 0.134. The molecular formula is C14H16O4. The van der Waals surface area contributed by atoms with Gasteiger partial charge in [0.1, 0.15) is 11.3 Å². The van der Waals surface area contributed by atoms with Gasteiger partial charge in [0.15, 0.2) is 0 Å². The van der Waals surface area contributed by atoms with Crippen LogP contribution in [-0.2, 0) is 0 Å². The van der Waals surface area contributed by atoms with Crippen molar-refractivity contribution in [2.45, 2.75) is 19.3 Å². The fraction of sp³-hybridized carbons (Fsp3) is 0.357. The SMILES string of the molecule is O=c1cc(OCCCCCO)c2ccccc2o1. The second kappa shape index (κ2) is 6.21. The summed E-state index contributed by atoms with van der Waals surface area (Å²) in [6.45, 7) is 0.741. The van der Waals surface area contributed by atoms with Crippen molar-refractivity contribution < 1.29 is 14.3 Å². The standard InChI is InChI=1S/C14H16O4/c15-8-4-1-5-9-17-13-10-14(16)18-12-7-3-2-6-11(12)13/h2-3,6-7,10,15H,1,4-5,8-9H2. The summed E-state index contributed by atoms with van der Waals surface area (Å²) in [5.74, 6) is 0.561. The predicted molar refractivity (Wildman–Crippen MR) is 68.9 cm³/mol. The molecule has 0 aliphatic rings. The van der Waals surface area contributed by atoms with Crippen molar-refractivity contribution in [2.75, 3.05) is 13.2 Å². The molecule has 96 valence electrons. The van der Waals surface area contributed by atoms with E-state index in [1.165, 1.54) is 6.07 Å². The van der Waals surface area contributed by atoms with Crippen LogP contribution in [0.15, 0.2) is 39.5 Å². The van der Waals surface area contributed by atoms with Crippen LogP contribution >= 0.6 is 0 Å². The number of unbranched alkanes of at least 4 members (excludes halogenated alkanes) is 2. The van der Waals surface area contributed by atoms with E-state index in [1.54, 1.807) is 6.07 Å². The van der Waals surface area contributed by atoms with Gasteiger partial charge in [0.05, 0.1) is 18.1 Å². The monoisotopic (exact) mass is 248 g/mol. The molecule has 0 saturated carbocycles. The molecule has 18 heavy (non-hydrogen) atoms. The maximum Gasteiger partial charge on any atom is 0.339 e. The Bertz CT molecular complexity index is 559. The van der Waals surface area contributed by atoms with Crippen molar-refractivity contribution in [3.05, 3.63) is 40.8 Å². The summed E-state index contributed by atoms with van der Waals surface area (Å²) in [4.78, 5) is 11.4. The van der Waals surface area contributed by atoms with E-state index in [-0.39, 0.29) is 6.61 Å². The van der Waals surface area contributed by atoms with Crippen molar-refractivity contribution in [1.82, 2.24) is 0 Å². The lowest BCUT2D eigenvalue weighted by Crippen LogP contribution is -2.03. The summed E-state index contributed by atoms with van der Waals surface area (Å²) >= 11 is 0. The Morgan fingerprint density at radius 3 is 2.83 bits per heavy atom. The fourth-order valence-electron chi connectivity index (χ4n) is 1.77. The minimum Gasteiger partial charge on any atom is -0.493 e. The number of hydrogen-bond acceptors (Lipinski definition) is 4. The molecule has 4 nitrogen and oxygen atoms in total. The van der Waals surface area contributed by atoms with Crippen LogP contribution in [0.1, 0.15) is 19.3 Å². The molecule has 1 heterocycles. The minimum absolute atomic E-state index is 0.206. The second-order valence-electron chi connectivity index (χ2n) is 4.06. The lowest BCUT2D eigenvalue weighted by molar-refractivity contribution is 0.266. The molecule has 0 amide bonds. The molecule has 0 atom stereocenters. The highest BCUT2D eigenvalue weighted by molar-refractivity contribution is 5.82. The van der Waals surface area contributed by atoms with Crippen molar-refractivity contribution in [3.63, 3.8) is 0 Å². The topological polar surface area (TPSA) is 59.7 Å². The number of aliphatic hydroxyl groups is 1. The van der Waals surface area contributed by atoms with Crippen LogP contribution in [-0.4, -0.2) is 18.3 Å². The van der Waals surface area contributed by atoms with Crippen LogP contribution in [0.3, 0.4) is 0 Å². The second-order valence-corrected chi connectivity index (χ2v) is 4.06. The maximum atomic E-state index is 11.4. The van der Waals surface area contributed by atoms with Crippen molar-refractivity contribution >= 4 is 11.0 Å². The highest BCUT2D eigenvalue weighted by atomic mass is 16.5. The first-order valence-corrected chi connectivity index (χ1v) is 6.08. The molecular weight excluding hydrogens is 232 g/mol. The Kier molecular flexibility index (Phi) is 4.36. The third-order valence-corrected chi connectivity index (χ3v) is 2.67. The summed E-state index contributed by atoms with van der Waals surface area (Å²) in [6.07, 6.45) is 2.55.